The average molecular weight is 478 g/mol. The molecule has 0 aliphatic rings. The number of nitrogens with zero attached hydrogens (tertiary/aromatic N) is 2. The Hall–Kier alpha value is -2.94. The topological polar surface area (TPSA) is 86.8 Å². The van der Waals surface area contributed by atoms with Crippen LogP contribution in [0.25, 0.3) is 0 Å². The van der Waals surface area contributed by atoms with Gasteiger partial charge >= 0.3 is 0 Å². The second-order valence-electron chi connectivity index (χ2n) is 7.97. The molecule has 0 aliphatic carbocycles. The van der Waals surface area contributed by atoms with E-state index in [4.69, 9.17) is 0 Å². The highest BCUT2D eigenvalue weighted by Crippen LogP contribution is 2.20. The maximum absolute atomic E-state index is 13.5. The number of sulfonamides is 1. The summed E-state index contributed by atoms with van der Waals surface area (Å²) in [5.41, 5.74) is 2.05. The van der Waals surface area contributed by atoms with Gasteiger partial charge in [0.05, 0.1) is 11.9 Å². The Labute approximate surface area is 195 Å². The first-order valence-electron chi connectivity index (χ1n) is 10.9. The Kier molecular flexibility index (Phi) is 9.40. The van der Waals surface area contributed by atoms with Crippen molar-refractivity contribution in [3.8, 4) is 0 Å². The number of rotatable bonds is 11. The maximum Gasteiger partial charge on any atom is 0.244 e. The molecule has 2 aromatic carbocycles. The van der Waals surface area contributed by atoms with E-state index in [1.807, 2.05) is 38.1 Å². The molecule has 180 valence electrons. The van der Waals surface area contributed by atoms with E-state index in [9.17, 15) is 22.4 Å². The number of hydrogen-bond donors (Lipinski definition) is 1. The molecule has 0 fully saturated rings. The van der Waals surface area contributed by atoms with Crippen molar-refractivity contribution in [1.82, 2.24) is 10.2 Å². The van der Waals surface area contributed by atoms with E-state index in [0.29, 0.717) is 13.0 Å². The molecule has 0 heterocycles. The summed E-state index contributed by atoms with van der Waals surface area (Å²) in [6.45, 7) is 5.81. The van der Waals surface area contributed by atoms with Gasteiger partial charge in [0.25, 0.3) is 0 Å². The van der Waals surface area contributed by atoms with Crippen molar-refractivity contribution in [3.63, 3.8) is 0 Å². The van der Waals surface area contributed by atoms with Crippen LogP contribution < -0.4 is 9.62 Å². The average Bonchev–Trinajstić information content (AvgIpc) is 2.77. The maximum atomic E-state index is 13.5. The van der Waals surface area contributed by atoms with Crippen LogP contribution in [0.5, 0.6) is 0 Å². The monoisotopic (exact) mass is 477 g/mol. The zero-order chi connectivity index (χ0) is 24.6. The molecule has 33 heavy (non-hydrogen) atoms. The molecule has 1 atom stereocenters. The molecule has 0 aliphatic heterocycles. The highest BCUT2D eigenvalue weighted by molar-refractivity contribution is 7.92. The van der Waals surface area contributed by atoms with Gasteiger partial charge in [0, 0.05) is 13.1 Å². The van der Waals surface area contributed by atoms with Gasteiger partial charge in [0.2, 0.25) is 21.8 Å². The molecule has 2 rings (SSSR count). The number of hydrogen-bond acceptors (Lipinski definition) is 4. The summed E-state index contributed by atoms with van der Waals surface area (Å²) in [6, 6.07) is 11.7. The van der Waals surface area contributed by atoms with Crippen molar-refractivity contribution < 1.29 is 22.4 Å². The number of anilines is 1. The summed E-state index contributed by atoms with van der Waals surface area (Å²) in [6.07, 6.45) is 2.10. The van der Waals surface area contributed by atoms with Crippen molar-refractivity contribution in [2.24, 2.45) is 0 Å². The lowest BCUT2D eigenvalue weighted by Gasteiger charge is -2.33. The molecular weight excluding hydrogens is 445 g/mol. The van der Waals surface area contributed by atoms with Crippen molar-refractivity contribution >= 4 is 27.5 Å². The number of halogens is 1. The van der Waals surface area contributed by atoms with Gasteiger partial charge in [-0.05, 0) is 49.6 Å². The smallest absolute Gasteiger partial charge is 0.244 e. The second-order valence-corrected chi connectivity index (χ2v) is 9.88. The Morgan fingerprint density at radius 1 is 1.03 bits per heavy atom. The molecule has 7 nitrogen and oxygen atoms in total. The van der Waals surface area contributed by atoms with E-state index in [2.05, 4.69) is 5.32 Å². The lowest BCUT2D eigenvalue weighted by Crippen LogP contribution is -2.52. The molecule has 0 saturated carbocycles. The van der Waals surface area contributed by atoms with Crippen molar-refractivity contribution in [3.05, 3.63) is 65.5 Å². The number of benzene rings is 2. The van der Waals surface area contributed by atoms with E-state index in [-0.39, 0.29) is 18.1 Å². The van der Waals surface area contributed by atoms with Crippen LogP contribution in [0.15, 0.2) is 48.5 Å². The van der Waals surface area contributed by atoms with E-state index >= 15 is 0 Å². The molecule has 0 aromatic heterocycles. The fraction of sp³-hybridized carbons (Fsp3) is 0.417. The summed E-state index contributed by atoms with van der Waals surface area (Å²) < 4.78 is 39.2. The molecule has 1 N–H and O–H groups in total. The number of amides is 2. The number of carbonyl (C=O) groups excluding carboxylic acids is 2. The van der Waals surface area contributed by atoms with E-state index in [1.54, 1.807) is 6.92 Å². The molecule has 0 saturated heterocycles. The molecule has 0 spiro atoms. The first kappa shape index (κ1) is 26.3. The highest BCUT2D eigenvalue weighted by atomic mass is 32.2. The van der Waals surface area contributed by atoms with Crippen LogP contribution in [0, 0.1) is 12.7 Å². The normalized spacial score (nSPS) is 12.2. The van der Waals surface area contributed by atoms with Crippen molar-refractivity contribution in [1.29, 1.82) is 0 Å². The van der Waals surface area contributed by atoms with Gasteiger partial charge < -0.3 is 10.2 Å². The van der Waals surface area contributed by atoms with Crippen LogP contribution in [0.3, 0.4) is 0 Å². The third-order valence-corrected chi connectivity index (χ3v) is 6.34. The Balaban J connectivity index is 2.39. The molecule has 2 aromatic rings. The van der Waals surface area contributed by atoms with Crippen LogP contribution in [0.1, 0.15) is 37.8 Å². The predicted octanol–water partition coefficient (Wildman–Crippen LogP) is 3.23. The molecular formula is C24H32FN3O4S. The standard InChI is InChI=1S/C24H32FN3O4S/c1-5-15-26-24(30)22(6-2)27(16-19-9-7-18(3)8-10-19)23(29)17-28(33(4,31)32)21-13-11-20(25)12-14-21/h7-14,22H,5-6,15-17H2,1-4H3,(H,26,30). The lowest BCUT2D eigenvalue weighted by molar-refractivity contribution is -0.140. The van der Waals surface area contributed by atoms with Gasteiger partial charge in [-0.2, -0.15) is 0 Å². The fourth-order valence-corrected chi connectivity index (χ4v) is 4.25. The Bertz CT molecular complexity index is 1040. The number of nitrogens with one attached hydrogen (secondary N) is 1. The fourth-order valence-electron chi connectivity index (χ4n) is 3.40. The highest BCUT2D eigenvalue weighted by Gasteiger charge is 2.31. The first-order valence-corrected chi connectivity index (χ1v) is 12.8. The zero-order valence-corrected chi connectivity index (χ0v) is 20.4. The minimum absolute atomic E-state index is 0.151. The Morgan fingerprint density at radius 2 is 1.64 bits per heavy atom. The van der Waals surface area contributed by atoms with E-state index < -0.39 is 34.3 Å². The Morgan fingerprint density at radius 3 is 2.15 bits per heavy atom. The van der Waals surface area contributed by atoms with Gasteiger partial charge in [-0.25, -0.2) is 12.8 Å². The summed E-state index contributed by atoms with van der Waals surface area (Å²) in [5, 5.41) is 2.83. The molecule has 2 amide bonds. The van der Waals surface area contributed by atoms with Crippen molar-refractivity contribution in [2.45, 2.75) is 46.2 Å². The summed E-state index contributed by atoms with van der Waals surface area (Å²) in [7, 11) is -3.84. The zero-order valence-electron chi connectivity index (χ0n) is 19.5. The summed E-state index contributed by atoms with van der Waals surface area (Å²) in [5.74, 6) is -1.32. The molecule has 0 bridgehead atoms. The van der Waals surface area contributed by atoms with Gasteiger partial charge in [-0.1, -0.05) is 43.7 Å². The summed E-state index contributed by atoms with van der Waals surface area (Å²) in [4.78, 5) is 27.7. The van der Waals surface area contributed by atoms with Crippen LogP contribution in [0.2, 0.25) is 0 Å². The number of carbonyl (C=O) groups is 2. The van der Waals surface area contributed by atoms with Gasteiger partial charge in [-0.3, -0.25) is 13.9 Å². The van der Waals surface area contributed by atoms with Crippen LogP contribution >= 0.6 is 0 Å². The van der Waals surface area contributed by atoms with Crippen LogP contribution in [-0.2, 0) is 26.2 Å². The van der Waals surface area contributed by atoms with Gasteiger partial charge in [0.1, 0.15) is 18.4 Å². The van der Waals surface area contributed by atoms with Gasteiger partial charge in [0.15, 0.2) is 0 Å². The van der Waals surface area contributed by atoms with Gasteiger partial charge in [-0.15, -0.1) is 0 Å². The molecule has 1 unspecified atom stereocenters. The SMILES string of the molecule is CCCNC(=O)C(CC)N(Cc1ccc(C)cc1)C(=O)CN(c1ccc(F)cc1)S(C)(=O)=O. The largest absolute Gasteiger partial charge is 0.354 e. The van der Waals surface area contributed by atoms with E-state index in [0.717, 1.165) is 40.2 Å². The first-order chi connectivity index (χ1) is 15.6. The molecule has 0 radical (unpaired) electrons. The number of aryl methyl sites for hydroxylation is 1. The second kappa shape index (κ2) is 11.8. The van der Waals surface area contributed by atoms with E-state index in [1.165, 1.54) is 17.0 Å². The lowest BCUT2D eigenvalue weighted by atomic mass is 10.1. The van der Waals surface area contributed by atoms with Crippen molar-refractivity contribution in [2.75, 3.05) is 23.7 Å². The molecule has 9 heteroatoms. The predicted molar refractivity (Wildman–Crippen MR) is 128 cm³/mol. The summed E-state index contributed by atoms with van der Waals surface area (Å²) >= 11 is 0. The van der Waals surface area contributed by atoms with Crippen LogP contribution in [-0.4, -0.2) is 50.5 Å². The third kappa shape index (κ3) is 7.56. The minimum Gasteiger partial charge on any atom is -0.354 e. The van der Waals surface area contributed by atoms with Crippen LogP contribution in [0.4, 0.5) is 10.1 Å². The minimum atomic E-state index is -3.84. The third-order valence-electron chi connectivity index (χ3n) is 5.20. The quantitative estimate of drug-likeness (QED) is 0.538.